The van der Waals surface area contributed by atoms with E-state index in [-0.39, 0.29) is 11.8 Å². The molecule has 26 heavy (non-hydrogen) atoms. The Balaban J connectivity index is 1.49. The number of hydrogen-bond donors (Lipinski definition) is 0. The number of hydrogen-bond acceptors (Lipinski definition) is 4. The summed E-state index contributed by atoms with van der Waals surface area (Å²) >= 11 is 9.46. The molecule has 2 heterocycles. The molecule has 1 aromatic heterocycles. The van der Waals surface area contributed by atoms with E-state index in [2.05, 4.69) is 26.1 Å². The van der Waals surface area contributed by atoms with E-state index in [1.54, 1.807) is 4.90 Å². The zero-order chi connectivity index (χ0) is 18.1. The minimum Gasteiger partial charge on any atom is -0.339 e. The van der Waals surface area contributed by atoms with Gasteiger partial charge in [0.15, 0.2) is 0 Å². The molecule has 0 saturated carbocycles. The van der Waals surface area contributed by atoms with Crippen molar-refractivity contribution in [1.82, 2.24) is 15.0 Å². The molecule has 0 N–H and O–H groups in total. The average molecular weight is 433 g/mol. The summed E-state index contributed by atoms with van der Waals surface area (Å²) in [4.78, 5) is 18.7. The van der Waals surface area contributed by atoms with Gasteiger partial charge in [0.05, 0.1) is 5.92 Å². The molecular weight excluding hydrogens is 418 g/mol. The molecule has 0 spiro atoms. The summed E-state index contributed by atoms with van der Waals surface area (Å²) in [6, 6.07) is 15.3. The van der Waals surface area contributed by atoms with Crippen molar-refractivity contribution in [2.45, 2.75) is 18.9 Å². The monoisotopic (exact) mass is 431 g/mol. The van der Waals surface area contributed by atoms with E-state index in [0.29, 0.717) is 36.2 Å². The fourth-order valence-electron chi connectivity index (χ4n) is 3.09. The Morgan fingerprint density at radius 1 is 1.23 bits per heavy atom. The first-order chi connectivity index (χ1) is 12.6. The normalized spacial score (nSPS) is 17.1. The lowest BCUT2D eigenvalue weighted by Gasteiger charge is -2.16. The van der Waals surface area contributed by atoms with Crippen molar-refractivity contribution in [2.75, 3.05) is 6.54 Å². The van der Waals surface area contributed by atoms with E-state index in [9.17, 15) is 4.79 Å². The highest BCUT2D eigenvalue weighted by Gasteiger charge is 2.34. The first-order valence-electron chi connectivity index (χ1n) is 8.20. The van der Waals surface area contributed by atoms with Crippen LogP contribution in [0.2, 0.25) is 5.02 Å². The van der Waals surface area contributed by atoms with Crippen LogP contribution in [0.1, 0.15) is 23.8 Å². The minimum atomic E-state index is -0.0879. The molecule has 4 rings (SSSR count). The molecule has 7 heteroatoms. The molecule has 1 unspecified atom stereocenters. The third-order valence-corrected chi connectivity index (χ3v) is 5.08. The van der Waals surface area contributed by atoms with E-state index < -0.39 is 0 Å². The van der Waals surface area contributed by atoms with Crippen LogP contribution in [0.3, 0.4) is 0 Å². The maximum atomic E-state index is 12.4. The molecular formula is C19H15BrClN3O2. The van der Waals surface area contributed by atoms with Gasteiger partial charge in [0.1, 0.15) is 0 Å². The van der Waals surface area contributed by atoms with Crippen molar-refractivity contribution in [1.29, 1.82) is 0 Å². The largest absolute Gasteiger partial charge is 0.339 e. The number of carbonyl (C=O) groups is 1. The SMILES string of the molecule is O=C1CC(c2nc(-c3cccc(Br)c3)no2)CN1Cc1cccc(Cl)c1. The Kier molecular flexibility index (Phi) is 4.78. The second-order valence-electron chi connectivity index (χ2n) is 6.27. The lowest BCUT2D eigenvalue weighted by Crippen LogP contribution is -2.24. The summed E-state index contributed by atoms with van der Waals surface area (Å²) in [5.41, 5.74) is 1.88. The molecule has 1 aliphatic rings. The van der Waals surface area contributed by atoms with Crippen molar-refractivity contribution in [3.05, 3.63) is 69.5 Å². The standard InChI is InChI=1S/C19H15BrClN3O2/c20-15-5-2-4-13(8-15)18-22-19(26-23-18)14-9-17(25)24(11-14)10-12-3-1-6-16(21)7-12/h1-8,14H,9-11H2. The van der Waals surface area contributed by atoms with Gasteiger partial charge in [-0.25, -0.2) is 0 Å². The summed E-state index contributed by atoms with van der Waals surface area (Å²) in [6.45, 7) is 1.09. The second-order valence-corrected chi connectivity index (χ2v) is 7.62. The minimum absolute atomic E-state index is 0.0807. The van der Waals surface area contributed by atoms with Gasteiger partial charge < -0.3 is 9.42 Å². The summed E-state index contributed by atoms with van der Waals surface area (Å²) in [5.74, 6) is 1.02. The maximum absolute atomic E-state index is 12.4. The Labute approximate surface area is 164 Å². The highest BCUT2D eigenvalue weighted by molar-refractivity contribution is 9.10. The molecule has 0 aliphatic carbocycles. The van der Waals surface area contributed by atoms with E-state index in [0.717, 1.165) is 15.6 Å². The molecule has 0 radical (unpaired) electrons. The van der Waals surface area contributed by atoms with Crippen molar-refractivity contribution < 1.29 is 9.32 Å². The van der Waals surface area contributed by atoms with Crippen LogP contribution in [0, 0.1) is 0 Å². The summed E-state index contributed by atoms with van der Waals surface area (Å²) in [6.07, 6.45) is 0.376. The highest BCUT2D eigenvalue weighted by Crippen LogP contribution is 2.30. The van der Waals surface area contributed by atoms with Crippen LogP contribution in [0.15, 0.2) is 57.5 Å². The van der Waals surface area contributed by atoms with Gasteiger partial charge in [-0.05, 0) is 29.8 Å². The Morgan fingerprint density at radius 3 is 2.88 bits per heavy atom. The van der Waals surface area contributed by atoms with Gasteiger partial charge in [-0.3, -0.25) is 4.79 Å². The van der Waals surface area contributed by atoms with Crippen LogP contribution in [-0.2, 0) is 11.3 Å². The van der Waals surface area contributed by atoms with E-state index in [1.807, 2.05) is 48.5 Å². The smallest absolute Gasteiger partial charge is 0.232 e. The summed E-state index contributed by atoms with van der Waals surface area (Å²) < 4.78 is 6.38. The molecule has 132 valence electrons. The van der Waals surface area contributed by atoms with Gasteiger partial charge in [0.25, 0.3) is 0 Å². The molecule has 1 aliphatic heterocycles. The van der Waals surface area contributed by atoms with Gasteiger partial charge in [-0.2, -0.15) is 4.98 Å². The zero-order valence-corrected chi connectivity index (χ0v) is 16.1. The fraction of sp³-hybridized carbons (Fsp3) is 0.211. The van der Waals surface area contributed by atoms with Crippen molar-refractivity contribution in [3.8, 4) is 11.4 Å². The Bertz CT molecular complexity index is 959. The van der Waals surface area contributed by atoms with Crippen LogP contribution < -0.4 is 0 Å². The first kappa shape index (κ1) is 17.2. The quantitative estimate of drug-likeness (QED) is 0.601. The molecule has 0 bridgehead atoms. The van der Waals surface area contributed by atoms with Gasteiger partial charge >= 0.3 is 0 Å². The molecule has 1 atom stereocenters. The molecule has 1 saturated heterocycles. The molecule has 3 aromatic rings. The van der Waals surface area contributed by atoms with E-state index >= 15 is 0 Å². The number of likely N-dealkylation sites (tertiary alicyclic amines) is 1. The summed E-state index contributed by atoms with van der Waals surface area (Å²) in [7, 11) is 0. The first-order valence-corrected chi connectivity index (χ1v) is 9.37. The number of carbonyl (C=O) groups excluding carboxylic acids is 1. The highest BCUT2D eigenvalue weighted by atomic mass is 79.9. The van der Waals surface area contributed by atoms with Gasteiger partial charge in [-0.15, -0.1) is 0 Å². The zero-order valence-electron chi connectivity index (χ0n) is 13.7. The van der Waals surface area contributed by atoms with Gasteiger partial charge in [0.2, 0.25) is 17.6 Å². The third kappa shape index (κ3) is 3.66. The average Bonchev–Trinajstić information content (AvgIpc) is 3.23. The van der Waals surface area contributed by atoms with Crippen molar-refractivity contribution in [2.24, 2.45) is 0 Å². The van der Waals surface area contributed by atoms with Crippen LogP contribution in [0.25, 0.3) is 11.4 Å². The van der Waals surface area contributed by atoms with Crippen molar-refractivity contribution in [3.63, 3.8) is 0 Å². The number of rotatable bonds is 4. The Morgan fingerprint density at radius 2 is 2.08 bits per heavy atom. The molecule has 2 aromatic carbocycles. The predicted octanol–water partition coefficient (Wildman–Crippen LogP) is 4.67. The number of amides is 1. The number of halogens is 2. The molecule has 5 nitrogen and oxygen atoms in total. The van der Waals surface area contributed by atoms with E-state index in [1.165, 1.54) is 0 Å². The molecule has 1 fully saturated rings. The second kappa shape index (κ2) is 7.21. The summed E-state index contributed by atoms with van der Waals surface area (Å²) in [5, 5.41) is 4.73. The maximum Gasteiger partial charge on any atom is 0.232 e. The van der Waals surface area contributed by atoms with E-state index in [4.69, 9.17) is 16.1 Å². The van der Waals surface area contributed by atoms with Crippen LogP contribution in [0.4, 0.5) is 0 Å². The van der Waals surface area contributed by atoms with Crippen LogP contribution in [0.5, 0.6) is 0 Å². The Hall–Kier alpha value is -2.18. The van der Waals surface area contributed by atoms with Gasteiger partial charge in [-0.1, -0.05) is 57.0 Å². The van der Waals surface area contributed by atoms with Crippen LogP contribution >= 0.6 is 27.5 Å². The topological polar surface area (TPSA) is 59.2 Å². The number of benzene rings is 2. The van der Waals surface area contributed by atoms with Gasteiger partial charge in [0, 0.05) is 34.6 Å². The fourth-order valence-corrected chi connectivity index (χ4v) is 3.70. The lowest BCUT2D eigenvalue weighted by molar-refractivity contribution is -0.128. The predicted molar refractivity (Wildman–Crippen MR) is 102 cm³/mol. The number of aromatic nitrogens is 2. The third-order valence-electron chi connectivity index (χ3n) is 4.35. The van der Waals surface area contributed by atoms with Crippen molar-refractivity contribution >= 4 is 33.4 Å². The lowest BCUT2D eigenvalue weighted by atomic mass is 10.1. The molecule has 1 amide bonds. The van der Waals surface area contributed by atoms with Crippen LogP contribution in [-0.4, -0.2) is 27.5 Å². The number of nitrogens with zero attached hydrogens (tertiary/aromatic N) is 3.